The Kier molecular flexibility index (Phi) is 4.21. The predicted octanol–water partition coefficient (Wildman–Crippen LogP) is 2.85. The molecule has 0 saturated heterocycles. The van der Waals surface area contributed by atoms with Crippen LogP contribution in [0.4, 0.5) is 5.82 Å². The summed E-state index contributed by atoms with van der Waals surface area (Å²) in [5.41, 5.74) is 9.17. The number of ether oxygens (including phenoxy) is 1. The molecule has 1 aromatic heterocycles. The van der Waals surface area contributed by atoms with Gasteiger partial charge in [0.1, 0.15) is 12.4 Å². The average molecular weight is 288 g/mol. The third-order valence-electron chi connectivity index (χ3n) is 3.24. The molecule has 0 amide bonds. The standard InChI is InChI=1S/C16H24N4O/c1-11-8-12(2)10-13(9-11)21-7-6-20-14(16(3,4)5)15(17)18-19-20/h8-10H,6-7,17H2,1-5H3. The molecule has 21 heavy (non-hydrogen) atoms. The van der Waals surface area contributed by atoms with E-state index >= 15 is 0 Å². The molecule has 1 heterocycles. The van der Waals surface area contributed by atoms with Crippen LogP contribution in [0.25, 0.3) is 0 Å². The summed E-state index contributed by atoms with van der Waals surface area (Å²) in [6.07, 6.45) is 0. The van der Waals surface area contributed by atoms with Gasteiger partial charge in [0.05, 0.1) is 12.2 Å². The largest absolute Gasteiger partial charge is 0.492 e. The molecule has 0 bridgehead atoms. The first-order valence-corrected chi connectivity index (χ1v) is 7.18. The van der Waals surface area contributed by atoms with Crippen molar-refractivity contribution in [1.29, 1.82) is 0 Å². The van der Waals surface area contributed by atoms with Gasteiger partial charge in [0.15, 0.2) is 5.82 Å². The van der Waals surface area contributed by atoms with Crippen LogP contribution in [0.5, 0.6) is 5.75 Å². The van der Waals surface area contributed by atoms with Crippen molar-refractivity contribution in [2.45, 2.75) is 46.6 Å². The van der Waals surface area contributed by atoms with Crippen LogP contribution in [0, 0.1) is 13.8 Å². The van der Waals surface area contributed by atoms with Crippen molar-refractivity contribution in [3.05, 3.63) is 35.0 Å². The van der Waals surface area contributed by atoms with Crippen molar-refractivity contribution in [3.63, 3.8) is 0 Å². The van der Waals surface area contributed by atoms with Gasteiger partial charge in [0.2, 0.25) is 0 Å². The second-order valence-corrected chi connectivity index (χ2v) is 6.47. The highest BCUT2D eigenvalue weighted by Crippen LogP contribution is 2.25. The van der Waals surface area contributed by atoms with Crippen molar-refractivity contribution in [3.8, 4) is 5.75 Å². The Bertz CT molecular complexity index is 605. The van der Waals surface area contributed by atoms with Crippen molar-refractivity contribution >= 4 is 5.82 Å². The van der Waals surface area contributed by atoms with Gasteiger partial charge in [0, 0.05) is 5.41 Å². The van der Waals surface area contributed by atoms with E-state index in [9.17, 15) is 0 Å². The predicted molar refractivity (Wildman–Crippen MR) is 84.5 cm³/mol. The minimum Gasteiger partial charge on any atom is -0.492 e. The highest BCUT2D eigenvalue weighted by Gasteiger charge is 2.23. The molecule has 0 aliphatic heterocycles. The summed E-state index contributed by atoms with van der Waals surface area (Å²) < 4.78 is 7.65. The summed E-state index contributed by atoms with van der Waals surface area (Å²) in [6, 6.07) is 6.20. The van der Waals surface area contributed by atoms with Gasteiger partial charge < -0.3 is 10.5 Å². The minimum atomic E-state index is -0.0898. The number of nitrogen functional groups attached to an aromatic ring is 1. The van der Waals surface area contributed by atoms with Gasteiger partial charge in [-0.05, 0) is 37.1 Å². The summed E-state index contributed by atoms with van der Waals surface area (Å²) in [5, 5.41) is 8.08. The SMILES string of the molecule is Cc1cc(C)cc(OCCn2nnc(N)c2C(C)(C)C)c1. The topological polar surface area (TPSA) is 66.0 Å². The second kappa shape index (κ2) is 5.76. The zero-order valence-electron chi connectivity index (χ0n) is 13.5. The van der Waals surface area contributed by atoms with E-state index in [-0.39, 0.29) is 5.41 Å². The summed E-state index contributed by atoms with van der Waals surface area (Å²) >= 11 is 0. The number of benzene rings is 1. The quantitative estimate of drug-likeness (QED) is 0.939. The molecule has 0 aliphatic rings. The maximum absolute atomic E-state index is 5.91. The van der Waals surface area contributed by atoms with Gasteiger partial charge >= 0.3 is 0 Å². The highest BCUT2D eigenvalue weighted by molar-refractivity contribution is 5.38. The summed E-state index contributed by atoms with van der Waals surface area (Å²) in [6.45, 7) is 11.6. The molecule has 0 fully saturated rings. The highest BCUT2D eigenvalue weighted by atomic mass is 16.5. The lowest BCUT2D eigenvalue weighted by Crippen LogP contribution is -2.22. The Morgan fingerprint density at radius 1 is 1.14 bits per heavy atom. The third kappa shape index (κ3) is 3.74. The van der Waals surface area contributed by atoms with Gasteiger partial charge in [-0.25, -0.2) is 4.68 Å². The lowest BCUT2D eigenvalue weighted by molar-refractivity contribution is 0.283. The Morgan fingerprint density at radius 3 is 2.33 bits per heavy atom. The van der Waals surface area contributed by atoms with Gasteiger partial charge in [-0.15, -0.1) is 5.10 Å². The second-order valence-electron chi connectivity index (χ2n) is 6.47. The Labute approximate surface area is 126 Å². The van der Waals surface area contributed by atoms with Crippen LogP contribution in [-0.4, -0.2) is 21.6 Å². The Hall–Kier alpha value is -2.04. The lowest BCUT2D eigenvalue weighted by Gasteiger charge is -2.20. The molecule has 5 nitrogen and oxygen atoms in total. The van der Waals surface area contributed by atoms with Crippen molar-refractivity contribution < 1.29 is 4.74 Å². The molecule has 114 valence electrons. The van der Waals surface area contributed by atoms with E-state index in [1.165, 1.54) is 11.1 Å². The molecule has 0 unspecified atom stereocenters. The number of nitrogens with two attached hydrogens (primary N) is 1. The first-order valence-electron chi connectivity index (χ1n) is 7.18. The fraction of sp³-hybridized carbons (Fsp3) is 0.500. The Morgan fingerprint density at radius 2 is 1.76 bits per heavy atom. The van der Waals surface area contributed by atoms with Crippen LogP contribution in [0.1, 0.15) is 37.6 Å². The van der Waals surface area contributed by atoms with Crippen LogP contribution in [0.2, 0.25) is 0 Å². The van der Waals surface area contributed by atoms with Crippen LogP contribution in [0.3, 0.4) is 0 Å². The molecular formula is C16H24N4O. The van der Waals surface area contributed by atoms with E-state index in [0.29, 0.717) is 19.0 Å². The van der Waals surface area contributed by atoms with Gasteiger partial charge in [-0.3, -0.25) is 0 Å². The smallest absolute Gasteiger partial charge is 0.169 e. The van der Waals surface area contributed by atoms with Gasteiger partial charge in [-0.2, -0.15) is 0 Å². The average Bonchev–Trinajstić information content (AvgIpc) is 2.69. The molecule has 0 aliphatic carbocycles. The van der Waals surface area contributed by atoms with Crippen LogP contribution in [0.15, 0.2) is 18.2 Å². The fourth-order valence-corrected chi connectivity index (χ4v) is 2.52. The molecule has 0 spiro atoms. The summed E-state index contributed by atoms with van der Waals surface area (Å²) in [7, 11) is 0. The number of rotatable bonds is 4. The Balaban J connectivity index is 2.04. The maximum Gasteiger partial charge on any atom is 0.169 e. The van der Waals surface area contributed by atoms with Crippen LogP contribution in [-0.2, 0) is 12.0 Å². The van der Waals surface area contributed by atoms with Crippen molar-refractivity contribution in [2.75, 3.05) is 12.3 Å². The first-order chi connectivity index (χ1) is 9.77. The number of hydrogen-bond donors (Lipinski definition) is 1. The molecule has 0 radical (unpaired) electrons. The number of aromatic nitrogens is 3. The molecule has 0 atom stereocenters. The normalized spacial score (nSPS) is 11.7. The number of hydrogen-bond acceptors (Lipinski definition) is 4. The van der Waals surface area contributed by atoms with E-state index < -0.39 is 0 Å². The minimum absolute atomic E-state index is 0.0898. The molecule has 2 N–H and O–H groups in total. The molecule has 5 heteroatoms. The summed E-state index contributed by atoms with van der Waals surface area (Å²) in [4.78, 5) is 0. The third-order valence-corrected chi connectivity index (χ3v) is 3.24. The molecular weight excluding hydrogens is 264 g/mol. The van der Waals surface area contributed by atoms with E-state index in [1.54, 1.807) is 0 Å². The molecule has 2 rings (SSSR count). The lowest BCUT2D eigenvalue weighted by atomic mass is 9.92. The zero-order chi connectivity index (χ0) is 15.6. The summed E-state index contributed by atoms with van der Waals surface area (Å²) in [5.74, 6) is 1.38. The van der Waals surface area contributed by atoms with Gasteiger partial charge in [-0.1, -0.05) is 32.1 Å². The number of nitrogens with zero attached hydrogens (tertiary/aromatic N) is 3. The maximum atomic E-state index is 5.91. The fourth-order valence-electron chi connectivity index (χ4n) is 2.52. The van der Waals surface area contributed by atoms with E-state index in [2.05, 4.69) is 51.0 Å². The van der Waals surface area contributed by atoms with Crippen molar-refractivity contribution in [1.82, 2.24) is 15.0 Å². The van der Waals surface area contributed by atoms with Crippen LogP contribution < -0.4 is 10.5 Å². The molecule has 2 aromatic rings. The zero-order valence-corrected chi connectivity index (χ0v) is 13.5. The number of aryl methyl sites for hydroxylation is 2. The number of anilines is 1. The van der Waals surface area contributed by atoms with E-state index in [1.807, 2.05) is 16.8 Å². The van der Waals surface area contributed by atoms with E-state index in [4.69, 9.17) is 10.5 Å². The molecule has 1 aromatic carbocycles. The van der Waals surface area contributed by atoms with Gasteiger partial charge in [0.25, 0.3) is 0 Å². The molecule has 0 saturated carbocycles. The first kappa shape index (κ1) is 15.4. The monoisotopic (exact) mass is 288 g/mol. The van der Waals surface area contributed by atoms with E-state index in [0.717, 1.165) is 11.4 Å². The van der Waals surface area contributed by atoms with Crippen LogP contribution >= 0.6 is 0 Å². The van der Waals surface area contributed by atoms with Crippen molar-refractivity contribution in [2.24, 2.45) is 0 Å².